The molecular weight excluding hydrogens is 250 g/mol. The molecule has 0 unspecified atom stereocenters. The molecule has 1 amide bonds. The Morgan fingerprint density at radius 3 is 2.47 bits per heavy atom. The van der Waals surface area contributed by atoms with Gasteiger partial charge in [0.2, 0.25) is 5.89 Å². The van der Waals surface area contributed by atoms with E-state index in [0.29, 0.717) is 38.2 Å². The smallest absolute Gasteiger partial charge is 0.309 e. The molecule has 1 aromatic rings. The number of nitrogens with zero attached hydrogens (tertiary/aromatic N) is 3. The average molecular weight is 267 g/mol. The minimum absolute atomic E-state index is 0.0387. The van der Waals surface area contributed by atoms with Crippen LogP contribution in [0.15, 0.2) is 4.52 Å². The lowest BCUT2D eigenvalue weighted by molar-refractivity contribution is -0.152. The first-order chi connectivity index (χ1) is 8.98. The van der Waals surface area contributed by atoms with Gasteiger partial charge in [-0.3, -0.25) is 9.59 Å². The third kappa shape index (κ3) is 2.45. The van der Waals surface area contributed by atoms with Gasteiger partial charge in [-0.1, -0.05) is 12.1 Å². The minimum Gasteiger partial charge on any atom is -0.481 e. The molecule has 0 spiro atoms. The first-order valence-corrected chi connectivity index (χ1v) is 6.31. The maximum Gasteiger partial charge on any atom is 0.309 e. The number of aryl methyl sites for hydroxylation is 1. The van der Waals surface area contributed by atoms with E-state index in [2.05, 4.69) is 10.1 Å². The molecule has 1 N–H and O–H groups in total. The summed E-state index contributed by atoms with van der Waals surface area (Å²) in [5.74, 6) is -0.699. The number of piperidine rings is 1. The van der Waals surface area contributed by atoms with E-state index in [1.807, 2.05) is 6.92 Å². The molecule has 0 aliphatic carbocycles. The van der Waals surface area contributed by atoms with Gasteiger partial charge in [0.15, 0.2) is 0 Å². The van der Waals surface area contributed by atoms with Gasteiger partial charge in [-0.05, 0) is 19.3 Å². The molecule has 7 heteroatoms. The number of carbonyl (C=O) groups is 2. The number of carboxylic acid groups (broad SMARTS) is 1. The average Bonchev–Trinajstić information content (AvgIpc) is 2.84. The normalized spacial score (nSPS) is 18.3. The third-order valence-electron chi connectivity index (χ3n) is 3.86. The fourth-order valence-electron chi connectivity index (χ4n) is 2.38. The zero-order valence-electron chi connectivity index (χ0n) is 11.0. The molecule has 2 heterocycles. The van der Waals surface area contributed by atoms with Crippen LogP contribution in [-0.2, 0) is 4.79 Å². The Labute approximate surface area is 110 Å². The molecule has 2 rings (SSSR count). The minimum atomic E-state index is -0.780. The first kappa shape index (κ1) is 13.5. The lowest BCUT2D eigenvalue weighted by Gasteiger charge is -2.37. The second kappa shape index (κ2) is 4.99. The van der Waals surface area contributed by atoms with Crippen molar-refractivity contribution in [3.63, 3.8) is 0 Å². The SMILES string of the molecule is CCC1(C(=O)O)CCN(C(=O)c2noc(C)n2)CC1. The monoisotopic (exact) mass is 267 g/mol. The molecule has 19 heavy (non-hydrogen) atoms. The quantitative estimate of drug-likeness (QED) is 0.880. The van der Waals surface area contributed by atoms with E-state index in [4.69, 9.17) is 4.52 Å². The molecule has 1 aromatic heterocycles. The Morgan fingerprint density at radius 1 is 1.42 bits per heavy atom. The summed E-state index contributed by atoms with van der Waals surface area (Å²) in [5.41, 5.74) is -0.704. The maximum atomic E-state index is 12.1. The summed E-state index contributed by atoms with van der Waals surface area (Å²) in [6.45, 7) is 4.31. The van der Waals surface area contributed by atoms with Gasteiger partial charge in [0.05, 0.1) is 5.41 Å². The predicted octanol–water partition coefficient (Wildman–Crippen LogP) is 1.10. The highest BCUT2D eigenvalue weighted by Gasteiger charge is 2.41. The standard InChI is InChI=1S/C12H17N3O4/c1-3-12(11(17)18)4-6-15(7-5-12)10(16)9-13-8(2)19-14-9/h3-7H2,1-2H3,(H,17,18). The third-order valence-corrected chi connectivity index (χ3v) is 3.86. The lowest BCUT2D eigenvalue weighted by atomic mass is 9.76. The van der Waals surface area contributed by atoms with Crippen molar-refractivity contribution in [2.45, 2.75) is 33.1 Å². The van der Waals surface area contributed by atoms with Gasteiger partial charge >= 0.3 is 5.97 Å². The van der Waals surface area contributed by atoms with Crippen LogP contribution >= 0.6 is 0 Å². The Balaban J connectivity index is 2.04. The van der Waals surface area contributed by atoms with Crippen LogP contribution in [0.4, 0.5) is 0 Å². The van der Waals surface area contributed by atoms with Crippen LogP contribution in [0.3, 0.4) is 0 Å². The van der Waals surface area contributed by atoms with Gasteiger partial charge < -0.3 is 14.5 Å². The molecule has 7 nitrogen and oxygen atoms in total. The van der Waals surface area contributed by atoms with E-state index in [1.165, 1.54) is 0 Å². The number of carbonyl (C=O) groups excluding carboxylic acids is 1. The van der Waals surface area contributed by atoms with Gasteiger partial charge in [0.1, 0.15) is 0 Å². The van der Waals surface area contributed by atoms with Crippen molar-refractivity contribution in [3.05, 3.63) is 11.7 Å². The van der Waals surface area contributed by atoms with Crippen molar-refractivity contribution in [1.82, 2.24) is 15.0 Å². The largest absolute Gasteiger partial charge is 0.481 e. The zero-order chi connectivity index (χ0) is 14.0. The second-order valence-corrected chi connectivity index (χ2v) is 4.87. The Hall–Kier alpha value is -1.92. The number of amides is 1. The summed E-state index contributed by atoms with van der Waals surface area (Å²) in [5, 5.41) is 12.9. The number of aliphatic carboxylic acids is 1. The molecular formula is C12H17N3O4. The van der Waals surface area contributed by atoms with Crippen LogP contribution in [0.5, 0.6) is 0 Å². The van der Waals surface area contributed by atoms with Crippen molar-refractivity contribution in [2.75, 3.05) is 13.1 Å². The highest BCUT2D eigenvalue weighted by molar-refractivity contribution is 5.90. The van der Waals surface area contributed by atoms with Crippen molar-refractivity contribution in [3.8, 4) is 0 Å². The van der Waals surface area contributed by atoms with Crippen LogP contribution in [0.2, 0.25) is 0 Å². The first-order valence-electron chi connectivity index (χ1n) is 6.31. The summed E-state index contributed by atoms with van der Waals surface area (Å²) < 4.78 is 4.77. The highest BCUT2D eigenvalue weighted by Crippen LogP contribution is 2.35. The summed E-state index contributed by atoms with van der Waals surface area (Å²) in [6.07, 6.45) is 1.49. The number of aromatic nitrogens is 2. The Bertz CT molecular complexity index is 489. The second-order valence-electron chi connectivity index (χ2n) is 4.87. The van der Waals surface area contributed by atoms with Crippen LogP contribution in [0.25, 0.3) is 0 Å². The van der Waals surface area contributed by atoms with E-state index in [-0.39, 0.29) is 11.7 Å². The number of likely N-dealkylation sites (tertiary alicyclic amines) is 1. The van der Waals surface area contributed by atoms with Crippen LogP contribution in [-0.4, -0.2) is 45.1 Å². The van der Waals surface area contributed by atoms with Crippen molar-refractivity contribution in [2.24, 2.45) is 5.41 Å². The molecule has 1 saturated heterocycles. The predicted molar refractivity (Wildman–Crippen MR) is 64.5 cm³/mol. The molecule has 1 fully saturated rings. The van der Waals surface area contributed by atoms with Crippen molar-refractivity contribution in [1.29, 1.82) is 0 Å². The van der Waals surface area contributed by atoms with E-state index >= 15 is 0 Å². The van der Waals surface area contributed by atoms with Gasteiger partial charge in [-0.25, -0.2) is 0 Å². The Morgan fingerprint density at radius 2 is 2.05 bits per heavy atom. The molecule has 0 saturated carbocycles. The molecule has 0 radical (unpaired) electrons. The van der Waals surface area contributed by atoms with Gasteiger partial charge in [-0.2, -0.15) is 4.98 Å². The molecule has 1 aliphatic heterocycles. The van der Waals surface area contributed by atoms with Crippen LogP contribution in [0, 0.1) is 12.3 Å². The zero-order valence-corrected chi connectivity index (χ0v) is 11.0. The number of rotatable bonds is 3. The summed E-state index contributed by atoms with van der Waals surface area (Å²) in [6, 6.07) is 0. The topological polar surface area (TPSA) is 96.5 Å². The number of hydrogen-bond acceptors (Lipinski definition) is 5. The summed E-state index contributed by atoms with van der Waals surface area (Å²) in [7, 11) is 0. The number of hydrogen-bond donors (Lipinski definition) is 1. The van der Waals surface area contributed by atoms with E-state index < -0.39 is 11.4 Å². The Kier molecular flexibility index (Phi) is 3.55. The number of carboxylic acids is 1. The van der Waals surface area contributed by atoms with Crippen molar-refractivity contribution >= 4 is 11.9 Å². The van der Waals surface area contributed by atoms with E-state index in [1.54, 1.807) is 11.8 Å². The molecule has 104 valence electrons. The fourth-order valence-corrected chi connectivity index (χ4v) is 2.38. The molecule has 0 aromatic carbocycles. The van der Waals surface area contributed by atoms with Crippen LogP contribution < -0.4 is 0 Å². The molecule has 1 aliphatic rings. The molecule has 0 atom stereocenters. The summed E-state index contributed by atoms with van der Waals surface area (Å²) >= 11 is 0. The van der Waals surface area contributed by atoms with Gasteiger partial charge in [0, 0.05) is 20.0 Å². The van der Waals surface area contributed by atoms with Gasteiger partial charge in [0.25, 0.3) is 11.7 Å². The highest BCUT2D eigenvalue weighted by atomic mass is 16.5. The molecule has 0 bridgehead atoms. The van der Waals surface area contributed by atoms with E-state index in [0.717, 1.165) is 0 Å². The lowest BCUT2D eigenvalue weighted by Crippen LogP contribution is -2.46. The van der Waals surface area contributed by atoms with Gasteiger partial charge in [-0.15, -0.1) is 0 Å². The maximum absolute atomic E-state index is 12.1. The van der Waals surface area contributed by atoms with Crippen molar-refractivity contribution < 1.29 is 19.2 Å². The fraction of sp³-hybridized carbons (Fsp3) is 0.667. The summed E-state index contributed by atoms with van der Waals surface area (Å²) in [4.78, 5) is 28.9. The van der Waals surface area contributed by atoms with Crippen LogP contribution in [0.1, 0.15) is 42.7 Å². The van der Waals surface area contributed by atoms with E-state index in [9.17, 15) is 14.7 Å².